The van der Waals surface area contributed by atoms with E-state index in [0.29, 0.717) is 24.5 Å². The summed E-state index contributed by atoms with van der Waals surface area (Å²) in [6.45, 7) is 4.96. The molecular formula is C21H23N3O3. The Balaban J connectivity index is 1.46. The van der Waals surface area contributed by atoms with Crippen molar-refractivity contribution in [2.45, 2.75) is 13.8 Å². The molecule has 1 N–H and O–H groups in total. The molecule has 0 aliphatic rings. The van der Waals surface area contributed by atoms with Crippen LogP contribution >= 0.6 is 0 Å². The van der Waals surface area contributed by atoms with Crippen molar-refractivity contribution in [3.8, 4) is 11.5 Å². The number of carbonyl (C=O) groups is 1. The van der Waals surface area contributed by atoms with Crippen LogP contribution in [0.1, 0.15) is 21.5 Å². The maximum Gasteiger partial charge on any atom is 0.258 e. The van der Waals surface area contributed by atoms with Crippen LogP contribution in [0.4, 0.5) is 5.69 Å². The van der Waals surface area contributed by atoms with E-state index in [4.69, 9.17) is 9.47 Å². The van der Waals surface area contributed by atoms with Gasteiger partial charge in [0.15, 0.2) is 0 Å². The lowest BCUT2D eigenvalue weighted by Crippen LogP contribution is -2.11. The van der Waals surface area contributed by atoms with Crippen molar-refractivity contribution in [1.29, 1.82) is 0 Å². The van der Waals surface area contributed by atoms with E-state index in [-0.39, 0.29) is 5.91 Å². The lowest BCUT2D eigenvalue weighted by Gasteiger charge is -2.11. The number of aryl methyl sites for hydroxylation is 3. The first-order chi connectivity index (χ1) is 13.0. The number of anilines is 1. The van der Waals surface area contributed by atoms with Gasteiger partial charge in [-0.3, -0.25) is 9.48 Å². The van der Waals surface area contributed by atoms with Gasteiger partial charge in [0.05, 0.1) is 11.8 Å². The van der Waals surface area contributed by atoms with Crippen LogP contribution in [0, 0.1) is 13.8 Å². The number of aromatic nitrogens is 2. The maximum atomic E-state index is 12.1. The van der Waals surface area contributed by atoms with E-state index < -0.39 is 0 Å². The number of hydrogen-bond acceptors (Lipinski definition) is 4. The van der Waals surface area contributed by atoms with Crippen LogP contribution in [0.5, 0.6) is 11.5 Å². The van der Waals surface area contributed by atoms with E-state index in [1.807, 2.05) is 38.1 Å². The summed E-state index contributed by atoms with van der Waals surface area (Å²) in [6.07, 6.45) is 3.20. The molecule has 0 aliphatic carbocycles. The van der Waals surface area contributed by atoms with Crippen molar-refractivity contribution in [2.75, 3.05) is 18.5 Å². The zero-order chi connectivity index (χ0) is 19.2. The van der Waals surface area contributed by atoms with Gasteiger partial charge in [-0.2, -0.15) is 5.10 Å². The van der Waals surface area contributed by atoms with Gasteiger partial charge in [0.2, 0.25) is 0 Å². The van der Waals surface area contributed by atoms with Crippen LogP contribution in [0.25, 0.3) is 0 Å². The molecule has 3 rings (SSSR count). The molecule has 0 spiro atoms. The second kappa shape index (κ2) is 8.40. The quantitative estimate of drug-likeness (QED) is 0.648. The van der Waals surface area contributed by atoms with Crippen molar-refractivity contribution >= 4 is 11.6 Å². The number of benzene rings is 2. The normalized spacial score (nSPS) is 10.5. The van der Waals surface area contributed by atoms with Crippen molar-refractivity contribution in [1.82, 2.24) is 9.78 Å². The molecular weight excluding hydrogens is 342 g/mol. The highest BCUT2D eigenvalue weighted by atomic mass is 16.5. The van der Waals surface area contributed by atoms with Crippen LogP contribution in [-0.2, 0) is 7.05 Å². The standard InChI is InChI=1S/C21H23N3O3/c1-15-4-5-16(2)20(12-15)27-11-10-26-19-8-6-18(7-9-19)23-21(25)17-13-22-24(3)14-17/h4-9,12-14H,10-11H2,1-3H3,(H,23,25). The summed E-state index contributed by atoms with van der Waals surface area (Å²) in [5.41, 5.74) is 3.49. The van der Waals surface area contributed by atoms with Crippen LogP contribution in [0.15, 0.2) is 54.9 Å². The number of ether oxygens (including phenoxy) is 2. The van der Waals surface area contributed by atoms with Gasteiger partial charge in [-0.25, -0.2) is 0 Å². The fourth-order valence-corrected chi connectivity index (χ4v) is 2.55. The van der Waals surface area contributed by atoms with Gasteiger partial charge in [-0.1, -0.05) is 12.1 Å². The van der Waals surface area contributed by atoms with Crippen molar-refractivity contribution in [3.05, 3.63) is 71.5 Å². The highest BCUT2D eigenvalue weighted by molar-refractivity contribution is 6.03. The Kier molecular flexibility index (Phi) is 5.76. The molecule has 3 aromatic rings. The Morgan fingerprint density at radius 1 is 1.07 bits per heavy atom. The van der Waals surface area contributed by atoms with E-state index in [9.17, 15) is 4.79 Å². The first-order valence-corrected chi connectivity index (χ1v) is 8.74. The number of carbonyl (C=O) groups excluding carboxylic acids is 1. The fourth-order valence-electron chi connectivity index (χ4n) is 2.55. The van der Waals surface area contributed by atoms with Gasteiger partial charge in [0.1, 0.15) is 24.7 Å². The van der Waals surface area contributed by atoms with Crippen molar-refractivity contribution < 1.29 is 14.3 Å². The maximum absolute atomic E-state index is 12.1. The molecule has 0 atom stereocenters. The van der Waals surface area contributed by atoms with Crippen LogP contribution < -0.4 is 14.8 Å². The molecule has 0 radical (unpaired) electrons. The first-order valence-electron chi connectivity index (χ1n) is 8.74. The van der Waals surface area contributed by atoms with Gasteiger partial charge in [-0.15, -0.1) is 0 Å². The van der Waals surface area contributed by atoms with E-state index in [1.165, 1.54) is 11.8 Å². The van der Waals surface area contributed by atoms with Crippen molar-refractivity contribution in [3.63, 3.8) is 0 Å². The minimum atomic E-state index is -0.196. The molecule has 6 nitrogen and oxygen atoms in total. The van der Waals surface area contributed by atoms with E-state index in [0.717, 1.165) is 17.1 Å². The molecule has 0 unspecified atom stereocenters. The third-order valence-corrected chi connectivity index (χ3v) is 4.03. The van der Waals surface area contributed by atoms with Gasteiger partial charge in [0, 0.05) is 18.9 Å². The number of hydrogen-bond donors (Lipinski definition) is 1. The average molecular weight is 365 g/mol. The van der Waals surface area contributed by atoms with Crippen molar-refractivity contribution in [2.24, 2.45) is 7.05 Å². The molecule has 0 saturated carbocycles. The minimum absolute atomic E-state index is 0.196. The second-order valence-electron chi connectivity index (χ2n) is 6.35. The first kappa shape index (κ1) is 18.5. The molecule has 0 saturated heterocycles. The predicted octanol–water partition coefficient (Wildman–Crippen LogP) is 3.75. The predicted molar refractivity (Wildman–Crippen MR) is 105 cm³/mol. The molecule has 0 bridgehead atoms. The Morgan fingerprint density at radius 3 is 2.52 bits per heavy atom. The highest BCUT2D eigenvalue weighted by Gasteiger charge is 2.08. The highest BCUT2D eigenvalue weighted by Crippen LogP contribution is 2.19. The van der Waals surface area contributed by atoms with Crippen LogP contribution in [0.3, 0.4) is 0 Å². The Hall–Kier alpha value is -3.28. The minimum Gasteiger partial charge on any atom is -0.490 e. The third-order valence-electron chi connectivity index (χ3n) is 4.03. The summed E-state index contributed by atoms with van der Waals surface area (Å²) in [6, 6.07) is 13.4. The Bertz CT molecular complexity index is 917. The zero-order valence-corrected chi connectivity index (χ0v) is 15.7. The SMILES string of the molecule is Cc1ccc(C)c(OCCOc2ccc(NC(=O)c3cnn(C)c3)cc2)c1. The molecule has 140 valence electrons. The number of rotatable bonds is 7. The summed E-state index contributed by atoms with van der Waals surface area (Å²) in [5.74, 6) is 1.41. The molecule has 0 aliphatic heterocycles. The Labute approximate surface area is 158 Å². The Morgan fingerprint density at radius 2 is 1.81 bits per heavy atom. The molecule has 6 heteroatoms. The number of amides is 1. The molecule has 1 heterocycles. The molecule has 1 amide bonds. The topological polar surface area (TPSA) is 65.4 Å². The summed E-state index contributed by atoms with van der Waals surface area (Å²) in [5, 5.41) is 6.82. The van der Waals surface area contributed by atoms with Crippen LogP contribution in [-0.4, -0.2) is 28.9 Å². The van der Waals surface area contributed by atoms with Crippen LogP contribution in [0.2, 0.25) is 0 Å². The lowest BCUT2D eigenvalue weighted by atomic mass is 10.1. The van der Waals surface area contributed by atoms with Gasteiger partial charge >= 0.3 is 0 Å². The number of nitrogens with zero attached hydrogens (tertiary/aromatic N) is 2. The van der Waals surface area contributed by atoms with Gasteiger partial charge in [-0.05, 0) is 55.3 Å². The largest absolute Gasteiger partial charge is 0.490 e. The molecule has 1 aromatic heterocycles. The lowest BCUT2D eigenvalue weighted by molar-refractivity contribution is 0.102. The number of nitrogens with one attached hydrogen (secondary N) is 1. The summed E-state index contributed by atoms with van der Waals surface area (Å²) >= 11 is 0. The molecule has 27 heavy (non-hydrogen) atoms. The summed E-state index contributed by atoms with van der Waals surface area (Å²) in [4.78, 5) is 12.1. The van der Waals surface area contributed by atoms with E-state index in [1.54, 1.807) is 30.1 Å². The van der Waals surface area contributed by atoms with E-state index in [2.05, 4.69) is 16.5 Å². The molecule has 2 aromatic carbocycles. The van der Waals surface area contributed by atoms with Gasteiger partial charge in [0.25, 0.3) is 5.91 Å². The smallest absolute Gasteiger partial charge is 0.258 e. The average Bonchev–Trinajstić information content (AvgIpc) is 3.09. The van der Waals surface area contributed by atoms with Gasteiger partial charge < -0.3 is 14.8 Å². The fraction of sp³-hybridized carbons (Fsp3) is 0.238. The molecule has 0 fully saturated rings. The summed E-state index contributed by atoms with van der Waals surface area (Å²) < 4.78 is 13.1. The monoisotopic (exact) mass is 365 g/mol. The summed E-state index contributed by atoms with van der Waals surface area (Å²) in [7, 11) is 1.77. The second-order valence-corrected chi connectivity index (χ2v) is 6.35. The van der Waals surface area contributed by atoms with E-state index >= 15 is 0 Å². The third kappa shape index (κ3) is 5.10. The zero-order valence-electron chi connectivity index (χ0n) is 15.7.